The molecule has 8 heteroatoms. The van der Waals surface area contributed by atoms with E-state index in [2.05, 4.69) is 0 Å². The highest BCUT2D eigenvalue weighted by molar-refractivity contribution is 7.89. The molecule has 1 aromatic carbocycles. The van der Waals surface area contributed by atoms with Crippen LogP contribution in [-0.2, 0) is 14.8 Å². The fourth-order valence-electron chi connectivity index (χ4n) is 2.83. The minimum Gasteiger partial charge on any atom is -0.373 e. The maximum atomic E-state index is 12.9. The van der Waals surface area contributed by atoms with Gasteiger partial charge in [-0.3, -0.25) is 4.79 Å². The van der Waals surface area contributed by atoms with Gasteiger partial charge in [0.05, 0.1) is 17.1 Å². The molecule has 0 saturated carbocycles. The Kier molecular flexibility index (Phi) is 6.21. The van der Waals surface area contributed by atoms with Crippen LogP contribution in [0.4, 0.5) is 0 Å². The Balaban J connectivity index is 2.29. The van der Waals surface area contributed by atoms with Gasteiger partial charge in [-0.15, -0.1) is 0 Å². The van der Waals surface area contributed by atoms with Crippen LogP contribution >= 0.6 is 0 Å². The van der Waals surface area contributed by atoms with Crippen molar-refractivity contribution >= 4 is 15.9 Å². The zero-order valence-corrected chi connectivity index (χ0v) is 16.0. The Morgan fingerprint density at radius 3 is 2.52 bits per heavy atom. The number of nitrogens with zero attached hydrogens (tertiary/aromatic N) is 2. The number of nitrogens with two attached hydrogens (primary N) is 1. The van der Waals surface area contributed by atoms with E-state index in [0.29, 0.717) is 25.2 Å². The molecule has 1 amide bonds. The zero-order chi connectivity index (χ0) is 18.8. The highest BCUT2D eigenvalue weighted by Crippen LogP contribution is 2.22. The predicted molar refractivity (Wildman–Crippen MR) is 95.8 cm³/mol. The molecule has 1 aliphatic heterocycles. The third kappa shape index (κ3) is 4.38. The van der Waals surface area contributed by atoms with Crippen molar-refractivity contribution in [3.63, 3.8) is 0 Å². The summed E-state index contributed by atoms with van der Waals surface area (Å²) in [5.41, 5.74) is 5.93. The summed E-state index contributed by atoms with van der Waals surface area (Å²) >= 11 is 0. The first-order chi connectivity index (χ1) is 11.7. The summed E-state index contributed by atoms with van der Waals surface area (Å²) in [4.78, 5) is 14.2. The van der Waals surface area contributed by atoms with Gasteiger partial charge < -0.3 is 15.4 Å². The molecular weight excluding hydrogens is 342 g/mol. The van der Waals surface area contributed by atoms with Gasteiger partial charge in [-0.1, -0.05) is 6.07 Å². The van der Waals surface area contributed by atoms with Crippen molar-refractivity contribution in [2.24, 2.45) is 5.73 Å². The second-order valence-electron chi connectivity index (χ2n) is 6.61. The van der Waals surface area contributed by atoms with Gasteiger partial charge in [0.1, 0.15) is 0 Å². The van der Waals surface area contributed by atoms with E-state index in [9.17, 15) is 13.2 Å². The van der Waals surface area contributed by atoms with Crippen molar-refractivity contribution in [3.05, 3.63) is 29.8 Å². The fourth-order valence-corrected chi connectivity index (χ4v) is 4.46. The van der Waals surface area contributed by atoms with Gasteiger partial charge in [-0.25, -0.2) is 8.42 Å². The molecule has 2 N–H and O–H groups in total. The Labute approximate surface area is 149 Å². The van der Waals surface area contributed by atoms with Crippen molar-refractivity contribution in [2.45, 2.75) is 43.9 Å². The second-order valence-corrected chi connectivity index (χ2v) is 8.55. The zero-order valence-electron chi connectivity index (χ0n) is 15.2. The summed E-state index contributed by atoms with van der Waals surface area (Å²) in [6.07, 6.45) is -0.334. The van der Waals surface area contributed by atoms with Crippen LogP contribution in [-0.4, -0.2) is 68.5 Å². The quantitative estimate of drug-likeness (QED) is 0.832. The van der Waals surface area contributed by atoms with Gasteiger partial charge in [0.2, 0.25) is 10.0 Å². The van der Waals surface area contributed by atoms with E-state index >= 15 is 0 Å². The topological polar surface area (TPSA) is 92.9 Å². The lowest BCUT2D eigenvalue weighted by atomic mass is 10.2. The predicted octanol–water partition coefficient (Wildman–Crippen LogP) is 0.904. The number of carbonyl (C=O) groups excluding carboxylic acids is 1. The molecule has 0 bridgehead atoms. The molecule has 2 rings (SSSR count). The first-order valence-electron chi connectivity index (χ1n) is 8.39. The summed E-state index contributed by atoms with van der Waals surface area (Å²) in [6.45, 7) is 6.48. The van der Waals surface area contributed by atoms with Crippen molar-refractivity contribution in [1.82, 2.24) is 9.21 Å². The minimum absolute atomic E-state index is 0.119. The molecule has 1 fully saturated rings. The molecule has 140 valence electrons. The van der Waals surface area contributed by atoms with E-state index in [1.807, 2.05) is 20.8 Å². The van der Waals surface area contributed by atoms with E-state index in [4.69, 9.17) is 10.5 Å². The standard InChI is InChI=1S/C17H27N3O4S/c1-12(9-18)19(4)17(21)15-6-5-7-16(8-15)25(22,23)20-10-13(2)24-14(3)11-20/h5-8,12-14H,9-11,18H2,1-4H3. The van der Waals surface area contributed by atoms with E-state index in [-0.39, 0.29) is 29.1 Å². The average molecular weight is 369 g/mol. The Hall–Kier alpha value is -1.48. The number of hydrogen-bond acceptors (Lipinski definition) is 5. The molecule has 0 spiro atoms. The van der Waals surface area contributed by atoms with Crippen LogP contribution in [0.3, 0.4) is 0 Å². The first kappa shape index (κ1) is 19.8. The normalized spacial score (nSPS) is 23.2. The molecule has 7 nitrogen and oxygen atoms in total. The van der Waals surface area contributed by atoms with E-state index in [1.165, 1.54) is 21.3 Å². The summed E-state index contributed by atoms with van der Waals surface area (Å²) in [5, 5.41) is 0. The van der Waals surface area contributed by atoms with Gasteiger partial charge in [0.15, 0.2) is 0 Å². The summed E-state index contributed by atoms with van der Waals surface area (Å²) in [7, 11) is -2.02. The van der Waals surface area contributed by atoms with Crippen LogP contribution in [0.2, 0.25) is 0 Å². The van der Waals surface area contributed by atoms with Crippen molar-refractivity contribution < 1.29 is 17.9 Å². The number of rotatable bonds is 5. The molecule has 0 radical (unpaired) electrons. The van der Waals surface area contributed by atoms with Gasteiger partial charge >= 0.3 is 0 Å². The first-order valence-corrected chi connectivity index (χ1v) is 9.83. The monoisotopic (exact) mass is 369 g/mol. The van der Waals surface area contributed by atoms with E-state index in [1.54, 1.807) is 19.2 Å². The smallest absolute Gasteiger partial charge is 0.253 e. The largest absolute Gasteiger partial charge is 0.373 e. The lowest BCUT2D eigenvalue weighted by Gasteiger charge is -2.34. The lowest BCUT2D eigenvalue weighted by Crippen LogP contribution is -2.48. The van der Waals surface area contributed by atoms with E-state index < -0.39 is 10.0 Å². The van der Waals surface area contributed by atoms with Crippen LogP contribution in [0.5, 0.6) is 0 Å². The number of likely N-dealkylation sites (N-methyl/N-ethyl adjacent to an activating group) is 1. The molecule has 3 unspecified atom stereocenters. The summed E-state index contributed by atoms with van der Waals surface area (Å²) < 4.78 is 32.9. The molecular formula is C17H27N3O4S. The van der Waals surface area contributed by atoms with Gasteiger partial charge in [-0.05, 0) is 39.0 Å². The number of benzene rings is 1. The van der Waals surface area contributed by atoms with Crippen molar-refractivity contribution in [3.8, 4) is 0 Å². The van der Waals surface area contributed by atoms with Crippen molar-refractivity contribution in [2.75, 3.05) is 26.7 Å². The van der Waals surface area contributed by atoms with E-state index in [0.717, 1.165) is 0 Å². The molecule has 1 heterocycles. The Morgan fingerprint density at radius 2 is 1.96 bits per heavy atom. The molecule has 0 aromatic heterocycles. The third-order valence-corrected chi connectivity index (χ3v) is 6.26. The van der Waals surface area contributed by atoms with Gasteiger partial charge in [0.25, 0.3) is 5.91 Å². The third-order valence-electron chi connectivity index (χ3n) is 4.43. The van der Waals surface area contributed by atoms with Crippen LogP contribution in [0, 0.1) is 0 Å². The maximum Gasteiger partial charge on any atom is 0.253 e. The van der Waals surface area contributed by atoms with Gasteiger partial charge in [0, 0.05) is 38.3 Å². The van der Waals surface area contributed by atoms with Crippen LogP contribution in [0.25, 0.3) is 0 Å². The average Bonchev–Trinajstić information content (AvgIpc) is 2.59. The van der Waals surface area contributed by atoms with Crippen molar-refractivity contribution in [1.29, 1.82) is 0 Å². The Morgan fingerprint density at radius 1 is 1.36 bits per heavy atom. The highest BCUT2D eigenvalue weighted by Gasteiger charge is 2.32. The highest BCUT2D eigenvalue weighted by atomic mass is 32.2. The van der Waals surface area contributed by atoms with Crippen LogP contribution in [0.1, 0.15) is 31.1 Å². The number of morpholine rings is 1. The summed E-state index contributed by atoms with van der Waals surface area (Å²) in [6, 6.07) is 6.03. The lowest BCUT2D eigenvalue weighted by molar-refractivity contribution is -0.0440. The minimum atomic E-state index is -3.68. The molecule has 0 aliphatic carbocycles. The number of carbonyl (C=O) groups is 1. The molecule has 1 aromatic rings. The molecule has 3 atom stereocenters. The van der Waals surface area contributed by atoms with Crippen LogP contribution < -0.4 is 5.73 Å². The Bertz CT molecular complexity index is 712. The number of sulfonamides is 1. The molecule has 25 heavy (non-hydrogen) atoms. The fraction of sp³-hybridized carbons (Fsp3) is 0.588. The summed E-state index contributed by atoms with van der Waals surface area (Å²) in [5.74, 6) is -0.251. The number of ether oxygens (including phenoxy) is 1. The SMILES string of the molecule is CC1CN(S(=O)(=O)c2cccc(C(=O)N(C)C(C)CN)c2)CC(C)O1. The second kappa shape index (κ2) is 7.82. The molecule has 1 aliphatic rings. The van der Waals surface area contributed by atoms with Gasteiger partial charge in [-0.2, -0.15) is 4.31 Å². The number of hydrogen-bond donors (Lipinski definition) is 1. The van der Waals surface area contributed by atoms with Crippen LogP contribution in [0.15, 0.2) is 29.2 Å². The maximum absolute atomic E-state index is 12.9. The molecule has 1 saturated heterocycles. The number of amides is 1.